The lowest BCUT2D eigenvalue weighted by Gasteiger charge is -2.09. The number of nitrogens with zero attached hydrogens (tertiary/aromatic N) is 5. The average molecular weight is 752 g/mol. The molecule has 0 aliphatic rings. The predicted octanol–water partition coefficient (Wildman–Crippen LogP) is 13.4. The summed E-state index contributed by atoms with van der Waals surface area (Å²) < 4.78 is 4.76. The number of thiophene rings is 2. The van der Waals surface area contributed by atoms with Crippen LogP contribution in [0.2, 0.25) is 0 Å². The van der Waals surface area contributed by atoms with Crippen molar-refractivity contribution in [2.45, 2.75) is 0 Å². The van der Waals surface area contributed by atoms with Gasteiger partial charge in [-0.25, -0.2) is 24.9 Å². The van der Waals surface area contributed by atoms with Crippen molar-refractivity contribution in [3.63, 3.8) is 0 Å². The van der Waals surface area contributed by atoms with Crippen LogP contribution in [0.25, 0.3) is 108 Å². The highest BCUT2D eigenvalue weighted by Crippen LogP contribution is 2.42. The standard InChI is InChI=1S/C49H29N5S2/c1-4-13-30(14-5-1)46-50-43(45-44(51-46)38-21-10-11-22-40(38)56-45)35-20-12-19-33(27-35)34-23-25-37-39-28-36(24-26-41(39)55-42(37)29-34)49-53-47(31-15-6-2-7-16-31)52-48(54-49)32-17-8-3-9-18-32/h1-29H. The van der Waals surface area contributed by atoms with Gasteiger partial charge >= 0.3 is 0 Å². The molecule has 4 heterocycles. The van der Waals surface area contributed by atoms with E-state index in [4.69, 9.17) is 24.9 Å². The average Bonchev–Trinajstić information content (AvgIpc) is 3.84. The third-order valence-corrected chi connectivity index (χ3v) is 12.5. The first-order valence-corrected chi connectivity index (χ1v) is 20.0. The van der Waals surface area contributed by atoms with E-state index in [1.807, 2.05) is 78.9 Å². The van der Waals surface area contributed by atoms with Crippen LogP contribution in [0.1, 0.15) is 0 Å². The van der Waals surface area contributed by atoms with Gasteiger partial charge in [0.1, 0.15) is 0 Å². The maximum atomic E-state index is 5.22. The fraction of sp³-hybridized carbons (Fsp3) is 0. The van der Waals surface area contributed by atoms with E-state index in [-0.39, 0.29) is 0 Å². The maximum absolute atomic E-state index is 5.22. The van der Waals surface area contributed by atoms with Crippen LogP contribution in [0, 0.1) is 0 Å². The minimum absolute atomic E-state index is 0.653. The molecular formula is C49H29N5S2. The summed E-state index contributed by atoms with van der Waals surface area (Å²) >= 11 is 3.56. The van der Waals surface area contributed by atoms with E-state index in [0.29, 0.717) is 17.5 Å². The van der Waals surface area contributed by atoms with Crippen molar-refractivity contribution < 1.29 is 0 Å². The second kappa shape index (κ2) is 13.4. The number of aromatic nitrogens is 5. The summed E-state index contributed by atoms with van der Waals surface area (Å²) in [6.07, 6.45) is 0. The summed E-state index contributed by atoms with van der Waals surface area (Å²) in [5.41, 5.74) is 9.20. The second-order valence-electron chi connectivity index (χ2n) is 13.7. The Hall–Kier alpha value is -6.93. The minimum Gasteiger partial charge on any atom is -0.226 e. The van der Waals surface area contributed by atoms with Crippen LogP contribution in [-0.4, -0.2) is 24.9 Å². The molecule has 4 aromatic heterocycles. The van der Waals surface area contributed by atoms with Gasteiger partial charge in [-0.15, -0.1) is 22.7 Å². The van der Waals surface area contributed by atoms with Crippen molar-refractivity contribution in [3.8, 4) is 67.9 Å². The third kappa shape index (κ3) is 5.73. The van der Waals surface area contributed by atoms with E-state index < -0.39 is 0 Å². The molecule has 7 heteroatoms. The summed E-state index contributed by atoms with van der Waals surface area (Å²) in [7, 11) is 0. The molecule has 7 aromatic carbocycles. The third-order valence-electron chi connectivity index (χ3n) is 10.1. The van der Waals surface area contributed by atoms with Gasteiger partial charge in [-0.3, -0.25) is 0 Å². The molecule has 0 fully saturated rings. The Morgan fingerprint density at radius 1 is 0.286 bits per heavy atom. The van der Waals surface area contributed by atoms with E-state index in [1.165, 1.54) is 24.9 Å². The quantitative estimate of drug-likeness (QED) is 0.169. The van der Waals surface area contributed by atoms with Crippen molar-refractivity contribution in [1.82, 2.24) is 24.9 Å². The van der Waals surface area contributed by atoms with E-state index in [9.17, 15) is 0 Å². The Morgan fingerprint density at radius 3 is 1.52 bits per heavy atom. The van der Waals surface area contributed by atoms with Gasteiger partial charge in [0.2, 0.25) is 0 Å². The summed E-state index contributed by atoms with van der Waals surface area (Å²) in [6.45, 7) is 0. The van der Waals surface area contributed by atoms with E-state index in [2.05, 4.69) is 97.1 Å². The van der Waals surface area contributed by atoms with Crippen LogP contribution in [0.3, 0.4) is 0 Å². The zero-order valence-electron chi connectivity index (χ0n) is 29.8. The summed E-state index contributed by atoms with van der Waals surface area (Å²) in [5, 5.41) is 3.56. The molecule has 0 saturated heterocycles. The monoisotopic (exact) mass is 751 g/mol. The highest BCUT2D eigenvalue weighted by atomic mass is 32.1. The molecule has 0 spiro atoms. The fourth-order valence-corrected chi connectivity index (χ4v) is 9.66. The maximum Gasteiger partial charge on any atom is 0.164 e. The van der Waals surface area contributed by atoms with Gasteiger partial charge in [0.25, 0.3) is 0 Å². The molecule has 56 heavy (non-hydrogen) atoms. The van der Waals surface area contributed by atoms with Crippen molar-refractivity contribution in [3.05, 3.63) is 176 Å². The van der Waals surface area contributed by atoms with Gasteiger partial charge < -0.3 is 0 Å². The van der Waals surface area contributed by atoms with Crippen molar-refractivity contribution in [2.24, 2.45) is 0 Å². The number of fused-ring (bicyclic) bond motifs is 6. The smallest absolute Gasteiger partial charge is 0.164 e. The van der Waals surface area contributed by atoms with Gasteiger partial charge in [-0.1, -0.05) is 140 Å². The van der Waals surface area contributed by atoms with Crippen molar-refractivity contribution in [2.75, 3.05) is 0 Å². The summed E-state index contributed by atoms with van der Waals surface area (Å²) in [4.78, 5) is 25.2. The van der Waals surface area contributed by atoms with Gasteiger partial charge in [-0.2, -0.15) is 0 Å². The van der Waals surface area contributed by atoms with Gasteiger partial charge in [-0.05, 0) is 47.5 Å². The van der Waals surface area contributed by atoms with Crippen molar-refractivity contribution in [1.29, 1.82) is 0 Å². The Morgan fingerprint density at radius 2 is 0.821 bits per heavy atom. The lowest BCUT2D eigenvalue weighted by molar-refractivity contribution is 1.07. The molecule has 11 rings (SSSR count). The molecule has 11 aromatic rings. The van der Waals surface area contributed by atoms with Crippen LogP contribution < -0.4 is 0 Å². The van der Waals surface area contributed by atoms with Gasteiger partial charge in [0, 0.05) is 58.1 Å². The lowest BCUT2D eigenvalue weighted by atomic mass is 9.99. The Kier molecular flexibility index (Phi) is 7.79. The van der Waals surface area contributed by atoms with E-state index in [0.717, 1.165) is 66.1 Å². The predicted molar refractivity (Wildman–Crippen MR) is 234 cm³/mol. The first-order chi connectivity index (χ1) is 27.7. The molecule has 0 N–H and O–H groups in total. The molecular weight excluding hydrogens is 723 g/mol. The first kappa shape index (κ1) is 32.5. The zero-order valence-corrected chi connectivity index (χ0v) is 31.4. The van der Waals surface area contributed by atoms with Crippen LogP contribution in [0.4, 0.5) is 0 Å². The fourth-order valence-electron chi connectivity index (χ4n) is 7.38. The molecule has 0 saturated carbocycles. The Bertz CT molecular complexity index is 3190. The molecule has 5 nitrogen and oxygen atoms in total. The zero-order chi connectivity index (χ0) is 37.0. The second-order valence-corrected chi connectivity index (χ2v) is 15.8. The summed E-state index contributed by atoms with van der Waals surface area (Å²) in [6, 6.07) is 61.1. The van der Waals surface area contributed by atoms with Gasteiger partial charge in [0.15, 0.2) is 23.3 Å². The summed E-state index contributed by atoms with van der Waals surface area (Å²) in [5.74, 6) is 2.70. The van der Waals surface area contributed by atoms with Crippen LogP contribution in [0.15, 0.2) is 176 Å². The molecule has 262 valence electrons. The van der Waals surface area contributed by atoms with Crippen LogP contribution >= 0.6 is 22.7 Å². The molecule has 0 atom stereocenters. The largest absolute Gasteiger partial charge is 0.226 e. The first-order valence-electron chi connectivity index (χ1n) is 18.4. The topological polar surface area (TPSA) is 64.5 Å². The SMILES string of the molecule is c1ccc(-c2nc(-c3ccccc3)nc(-c3ccc4sc5cc(-c6cccc(-c7nc(-c8ccccc8)nc8c7sc7ccccc78)c6)ccc5c4c3)n2)cc1. The molecule has 0 unspecified atom stereocenters. The van der Waals surface area contributed by atoms with Crippen LogP contribution in [-0.2, 0) is 0 Å². The van der Waals surface area contributed by atoms with E-state index in [1.54, 1.807) is 22.7 Å². The normalized spacial score (nSPS) is 11.6. The highest BCUT2D eigenvalue weighted by Gasteiger charge is 2.18. The number of rotatable bonds is 6. The minimum atomic E-state index is 0.653. The number of benzene rings is 7. The number of hydrogen-bond donors (Lipinski definition) is 0. The van der Waals surface area contributed by atoms with Crippen LogP contribution in [0.5, 0.6) is 0 Å². The molecule has 0 radical (unpaired) electrons. The molecule has 0 amide bonds. The number of hydrogen-bond acceptors (Lipinski definition) is 7. The molecule has 0 bridgehead atoms. The van der Waals surface area contributed by atoms with Gasteiger partial charge in [0.05, 0.1) is 15.9 Å². The Labute approximate surface area is 330 Å². The Balaban J connectivity index is 1.00. The van der Waals surface area contributed by atoms with Crippen molar-refractivity contribution >= 4 is 63.1 Å². The molecule has 0 aliphatic carbocycles. The lowest BCUT2D eigenvalue weighted by Crippen LogP contribution is -2.00. The van der Waals surface area contributed by atoms with E-state index >= 15 is 0 Å². The highest BCUT2D eigenvalue weighted by molar-refractivity contribution is 7.26. The molecule has 0 aliphatic heterocycles.